The van der Waals surface area contributed by atoms with Crippen molar-refractivity contribution >= 4 is 22.6 Å². The predicted octanol–water partition coefficient (Wildman–Crippen LogP) is 1.88. The van der Waals surface area contributed by atoms with Gasteiger partial charge in [-0.05, 0) is 12.1 Å². The second kappa shape index (κ2) is 5.57. The van der Waals surface area contributed by atoms with Gasteiger partial charge in [0.05, 0.1) is 29.7 Å². The maximum absolute atomic E-state index is 12.5. The van der Waals surface area contributed by atoms with Crippen molar-refractivity contribution < 1.29 is 4.52 Å². The maximum Gasteiger partial charge on any atom is 0.279 e. The average molecular weight is 343 g/mol. The Labute approximate surface area is 140 Å². The summed E-state index contributed by atoms with van der Waals surface area (Å²) in [7, 11) is 1.69. The third-order valence-corrected chi connectivity index (χ3v) is 3.93. The summed E-state index contributed by atoms with van der Waals surface area (Å²) >= 11 is 6.12. The van der Waals surface area contributed by atoms with Crippen LogP contribution in [-0.4, -0.2) is 29.5 Å². The average Bonchev–Trinajstić information content (AvgIpc) is 3.18. The highest BCUT2D eigenvalue weighted by atomic mass is 35.5. The molecule has 1 aromatic carbocycles. The molecule has 0 aliphatic carbocycles. The summed E-state index contributed by atoms with van der Waals surface area (Å²) in [5.41, 5.74) is 1.39. The molecular weight excluding hydrogens is 332 g/mol. The van der Waals surface area contributed by atoms with E-state index in [-0.39, 0.29) is 12.1 Å². The van der Waals surface area contributed by atoms with Crippen LogP contribution >= 0.6 is 11.6 Å². The van der Waals surface area contributed by atoms with Crippen molar-refractivity contribution in [1.82, 2.24) is 29.5 Å². The normalized spacial score (nSPS) is 11.2. The number of hydrogen-bond donors (Lipinski definition) is 0. The van der Waals surface area contributed by atoms with Crippen LogP contribution in [0, 0.1) is 0 Å². The van der Waals surface area contributed by atoms with Gasteiger partial charge in [-0.25, -0.2) is 4.98 Å². The minimum atomic E-state index is -0.218. The van der Waals surface area contributed by atoms with Crippen LogP contribution in [0.5, 0.6) is 0 Å². The SMILES string of the molecule is Cn1ncc2ncn(Cc3noc(-c4ccccc4Cl)n3)c(=O)c21. The molecule has 8 nitrogen and oxygen atoms in total. The van der Waals surface area contributed by atoms with E-state index in [1.54, 1.807) is 25.4 Å². The van der Waals surface area contributed by atoms with Gasteiger partial charge >= 0.3 is 0 Å². The molecule has 0 aliphatic heterocycles. The molecule has 4 aromatic rings. The molecule has 3 heterocycles. The smallest absolute Gasteiger partial charge is 0.279 e. The molecule has 0 saturated heterocycles. The van der Waals surface area contributed by atoms with Gasteiger partial charge in [-0.2, -0.15) is 10.1 Å². The van der Waals surface area contributed by atoms with Gasteiger partial charge < -0.3 is 4.52 Å². The third-order valence-electron chi connectivity index (χ3n) is 3.60. The molecule has 0 fully saturated rings. The standard InChI is InChI=1S/C15H11ClN6O2/c1-21-13-11(6-18-21)17-8-22(15(13)23)7-12-19-14(24-20-12)9-4-2-3-5-10(9)16/h2-6,8H,7H2,1H3. The van der Waals surface area contributed by atoms with Crippen molar-refractivity contribution in [2.75, 3.05) is 0 Å². The number of rotatable bonds is 3. The number of nitrogens with zero attached hydrogens (tertiary/aromatic N) is 6. The van der Waals surface area contributed by atoms with Crippen LogP contribution in [0.1, 0.15) is 5.82 Å². The Bertz CT molecular complexity index is 1100. The molecular formula is C15H11ClN6O2. The fourth-order valence-electron chi connectivity index (χ4n) is 2.42. The van der Waals surface area contributed by atoms with E-state index in [0.717, 1.165) is 0 Å². The highest BCUT2D eigenvalue weighted by Gasteiger charge is 2.14. The lowest BCUT2D eigenvalue weighted by Crippen LogP contribution is -2.23. The third kappa shape index (κ3) is 2.37. The first-order chi connectivity index (χ1) is 11.6. The summed E-state index contributed by atoms with van der Waals surface area (Å²) in [6.07, 6.45) is 2.99. The molecule has 0 bridgehead atoms. The zero-order valence-corrected chi connectivity index (χ0v) is 13.3. The summed E-state index contributed by atoms with van der Waals surface area (Å²) in [5.74, 6) is 0.661. The number of fused-ring (bicyclic) bond motifs is 1. The van der Waals surface area contributed by atoms with Crippen molar-refractivity contribution in [3.63, 3.8) is 0 Å². The lowest BCUT2D eigenvalue weighted by Gasteiger charge is -2.01. The van der Waals surface area contributed by atoms with Gasteiger partial charge in [0.25, 0.3) is 11.4 Å². The Morgan fingerprint density at radius 3 is 2.96 bits per heavy atom. The van der Waals surface area contributed by atoms with E-state index in [9.17, 15) is 4.79 Å². The number of aromatic nitrogens is 6. The Kier molecular flexibility index (Phi) is 3.39. The predicted molar refractivity (Wildman–Crippen MR) is 86.6 cm³/mol. The van der Waals surface area contributed by atoms with E-state index < -0.39 is 0 Å². The largest absolute Gasteiger partial charge is 0.334 e. The molecule has 0 amide bonds. The van der Waals surface area contributed by atoms with Gasteiger partial charge in [0.15, 0.2) is 11.3 Å². The second-order valence-corrected chi connectivity index (χ2v) is 5.58. The fourth-order valence-corrected chi connectivity index (χ4v) is 2.63. The first kappa shape index (κ1) is 14.6. The summed E-state index contributed by atoms with van der Waals surface area (Å²) < 4.78 is 8.14. The first-order valence-corrected chi connectivity index (χ1v) is 7.46. The van der Waals surface area contributed by atoms with E-state index in [0.29, 0.717) is 33.3 Å². The summed E-state index contributed by atoms with van der Waals surface area (Å²) in [5, 5.41) is 8.46. The molecule has 0 radical (unpaired) electrons. The minimum Gasteiger partial charge on any atom is -0.334 e. The Morgan fingerprint density at radius 2 is 2.12 bits per heavy atom. The van der Waals surface area contributed by atoms with Crippen molar-refractivity contribution in [2.24, 2.45) is 7.05 Å². The second-order valence-electron chi connectivity index (χ2n) is 5.18. The molecule has 24 heavy (non-hydrogen) atoms. The molecule has 0 spiro atoms. The molecule has 0 atom stereocenters. The van der Waals surface area contributed by atoms with Crippen molar-refractivity contribution in [2.45, 2.75) is 6.54 Å². The van der Waals surface area contributed by atoms with E-state index in [4.69, 9.17) is 16.1 Å². The lowest BCUT2D eigenvalue weighted by molar-refractivity contribution is 0.420. The molecule has 0 saturated carbocycles. The van der Waals surface area contributed by atoms with Gasteiger partial charge in [-0.3, -0.25) is 14.0 Å². The number of halogens is 1. The molecule has 3 aromatic heterocycles. The van der Waals surface area contributed by atoms with E-state index >= 15 is 0 Å². The Hall–Kier alpha value is -3.00. The van der Waals surface area contributed by atoms with Crippen molar-refractivity contribution in [3.8, 4) is 11.5 Å². The van der Waals surface area contributed by atoms with Crippen LogP contribution < -0.4 is 5.56 Å². The summed E-state index contributed by atoms with van der Waals surface area (Å²) in [6, 6.07) is 7.17. The zero-order chi connectivity index (χ0) is 16.7. The minimum absolute atomic E-state index is 0.140. The first-order valence-electron chi connectivity index (χ1n) is 7.08. The van der Waals surface area contributed by atoms with Gasteiger partial charge in [0.2, 0.25) is 0 Å². The quantitative estimate of drug-likeness (QED) is 0.564. The highest BCUT2D eigenvalue weighted by molar-refractivity contribution is 6.33. The highest BCUT2D eigenvalue weighted by Crippen LogP contribution is 2.25. The molecule has 120 valence electrons. The maximum atomic E-state index is 12.5. The van der Waals surface area contributed by atoms with Gasteiger partial charge in [-0.1, -0.05) is 28.9 Å². The molecule has 0 N–H and O–H groups in total. The number of benzene rings is 1. The van der Waals surface area contributed by atoms with Crippen LogP contribution in [0.4, 0.5) is 0 Å². The summed E-state index contributed by atoms with van der Waals surface area (Å²) in [4.78, 5) is 21.0. The van der Waals surface area contributed by atoms with E-state index in [2.05, 4.69) is 20.2 Å². The van der Waals surface area contributed by atoms with Crippen molar-refractivity contribution in [1.29, 1.82) is 0 Å². The lowest BCUT2D eigenvalue weighted by atomic mass is 10.2. The van der Waals surface area contributed by atoms with Crippen LogP contribution in [0.25, 0.3) is 22.5 Å². The van der Waals surface area contributed by atoms with Crippen molar-refractivity contribution in [3.05, 3.63) is 58.0 Å². The molecule has 0 unspecified atom stereocenters. The molecule has 0 aliphatic rings. The summed E-state index contributed by atoms with van der Waals surface area (Å²) in [6.45, 7) is 0.140. The number of aryl methyl sites for hydroxylation is 1. The van der Waals surface area contributed by atoms with Crippen LogP contribution in [0.3, 0.4) is 0 Å². The Balaban J connectivity index is 1.70. The number of hydrogen-bond acceptors (Lipinski definition) is 6. The van der Waals surface area contributed by atoms with Crippen LogP contribution in [-0.2, 0) is 13.6 Å². The molecule has 4 rings (SSSR count). The monoisotopic (exact) mass is 342 g/mol. The Morgan fingerprint density at radius 1 is 1.29 bits per heavy atom. The van der Waals surface area contributed by atoms with Crippen LogP contribution in [0.15, 0.2) is 46.1 Å². The fraction of sp³-hybridized carbons (Fsp3) is 0.133. The van der Waals surface area contributed by atoms with Crippen LogP contribution in [0.2, 0.25) is 5.02 Å². The van der Waals surface area contributed by atoms with Gasteiger partial charge in [0, 0.05) is 7.05 Å². The molecule has 9 heteroatoms. The van der Waals surface area contributed by atoms with E-state index in [1.807, 2.05) is 12.1 Å². The topological polar surface area (TPSA) is 91.6 Å². The zero-order valence-electron chi connectivity index (χ0n) is 12.5. The van der Waals surface area contributed by atoms with E-state index in [1.165, 1.54) is 15.6 Å². The van der Waals surface area contributed by atoms with Gasteiger partial charge in [-0.15, -0.1) is 0 Å². The van der Waals surface area contributed by atoms with Gasteiger partial charge in [0.1, 0.15) is 5.52 Å².